The summed E-state index contributed by atoms with van der Waals surface area (Å²) < 4.78 is 1.25. The minimum Gasteiger partial charge on any atom is -0.353 e. The molecule has 0 fully saturated rings. The van der Waals surface area contributed by atoms with Gasteiger partial charge in [0.05, 0.1) is 11.1 Å². The number of hydrogen-bond donors (Lipinski definition) is 1. The molecule has 6 heteroatoms. The first-order chi connectivity index (χ1) is 13.6. The Bertz CT molecular complexity index is 1070. The fourth-order valence-electron chi connectivity index (χ4n) is 3.80. The number of hydrogen-bond acceptors (Lipinski definition) is 4. The maximum Gasteiger partial charge on any atom is 0.275 e. The third kappa shape index (κ3) is 3.82. The zero-order valence-electron chi connectivity index (χ0n) is 16.0. The summed E-state index contributed by atoms with van der Waals surface area (Å²) in [5.74, 6) is -0.193. The first-order valence-electron chi connectivity index (χ1n) is 9.64. The lowest BCUT2D eigenvalue weighted by atomic mass is 10.00. The van der Waals surface area contributed by atoms with Gasteiger partial charge in [-0.05, 0) is 30.5 Å². The summed E-state index contributed by atoms with van der Waals surface area (Å²) in [6.45, 7) is 5.05. The molecule has 0 spiro atoms. The van der Waals surface area contributed by atoms with E-state index in [1.807, 2.05) is 25.1 Å². The molecule has 6 nitrogen and oxygen atoms in total. The van der Waals surface area contributed by atoms with E-state index in [1.165, 1.54) is 15.8 Å². The van der Waals surface area contributed by atoms with Crippen molar-refractivity contribution in [3.63, 3.8) is 0 Å². The van der Waals surface area contributed by atoms with Crippen LogP contribution in [-0.2, 0) is 24.3 Å². The van der Waals surface area contributed by atoms with Gasteiger partial charge in [-0.1, -0.05) is 42.5 Å². The Labute approximate surface area is 163 Å². The number of aromatic nitrogens is 2. The highest BCUT2D eigenvalue weighted by molar-refractivity contribution is 5.83. The van der Waals surface area contributed by atoms with Crippen LogP contribution in [0.3, 0.4) is 0 Å². The van der Waals surface area contributed by atoms with E-state index in [4.69, 9.17) is 0 Å². The molecule has 0 saturated heterocycles. The molecular formula is C22H24N4O2. The van der Waals surface area contributed by atoms with Crippen molar-refractivity contribution in [1.29, 1.82) is 0 Å². The third-order valence-corrected chi connectivity index (χ3v) is 5.31. The lowest BCUT2D eigenvalue weighted by Gasteiger charge is -2.28. The van der Waals surface area contributed by atoms with Gasteiger partial charge in [0.1, 0.15) is 6.54 Å². The SMILES string of the molecule is Cc1nn(CC(=O)NCCN2CCc3ccccc3C2)c(=O)c2ccccc12. The van der Waals surface area contributed by atoms with Crippen LogP contribution in [0.2, 0.25) is 0 Å². The van der Waals surface area contributed by atoms with Gasteiger partial charge in [0.2, 0.25) is 5.91 Å². The van der Waals surface area contributed by atoms with Crippen LogP contribution in [0.4, 0.5) is 0 Å². The molecule has 28 heavy (non-hydrogen) atoms. The summed E-state index contributed by atoms with van der Waals surface area (Å²) in [5.41, 5.74) is 3.29. The number of nitrogens with one attached hydrogen (secondary N) is 1. The molecule has 1 aliphatic heterocycles. The smallest absolute Gasteiger partial charge is 0.275 e. The standard InChI is InChI=1S/C22H24N4O2/c1-16-19-8-4-5-9-20(19)22(28)26(24-16)15-21(27)23-11-13-25-12-10-17-6-2-3-7-18(17)14-25/h2-9H,10-15H2,1H3,(H,23,27). The lowest BCUT2D eigenvalue weighted by molar-refractivity contribution is -0.121. The Hall–Kier alpha value is -2.99. The largest absolute Gasteiger partial charge is 0.353 e. The molecule has 0 radical (unpaired) electrons. The fourth-order valence-corrected chi connectivity index (χ4v) is 3.80. The number of aryl methyl sites for hydroxylation is 1. The Morgan fingerprint density at radius 2 is 1.79 bits per heavy atom. The minimum absolute atomic E-state index is 0.0622. The molecule has 0 atom stereocenters. The van der Waals surface area contributed by atoms with Gasteiger partial charge in [-0.15, -0.1) is 0 Å². The molecule has 144 valence electrons. The van der Waals surface area contributed by atoms with Gasteiger partial charge in [-0.2, -0.15) is 5.10 Å². The van der Waals surface area contributed by atoms with Crippen molar-refractivity contribution >= 4 is 16.7 Å². The third-order valence-electron chi connectivity index (χ3n) is 5.31. The van der Waals surface area contributed by atoms with Crippen LogP contribution in [0.15, 0.2) is 53.3 Å². The van der Waals surface area contributed by atoms with Crippen LogP contribution < -0.4 is 10.9 Å². The molecule has 4 rings (SSSR count). The van der Waals surface area contributed by atoms with E-state index in [2.05, 4.69) is 39.6 Å². The normalized spacial score (nSPS) is 14.0. The molecule has 0 aliphatic carbocycles. The van der Waals surface area contributed by atoms with Crippen molar-refractivity contribution in [3.8, 4) is 0 Å². The number of amides is 1. The number of fused-ring (bicyclic) bond motifs is 2. The van der Waals surface area contributed by atoms with E-state index in [9.17, 15) is 9.59 Å². The molecule has 1 aromatic heterocycles. The lowest BCUT2D eigenvalue weighted by Crippen LogP contribution is -2.40. The van der Waals surface area contributed by atoms with Gasteiger partial charge in [0, 0.05) is 31.6 Å². The van der Waals surface area contributed by atoms with Gasteiger partial charge in [-0.25, -0.2) is 4.68 Å². The number of rotatable bonds is 5. The topological polar surface area (TPSA) is 67.2 Å². The van der Waals surface area contributed by atoms with Gasteiger partial charge in [0.25, 0.3) is 5.56 Å². The van der Waals surface area contributed by atoms with Crippen molar-refractivity contribution < 1.29 is 4.79 Å². The molecule has 2 heterocycles. The van der Waals surface area contributed by atoms with E-state index in [0.717, 1.165) is 37.1 Å². The first kappa shape index (κ1) is 18.4. The van der Waals surface area contributed by atoms with Crippen LogP contribution in [0.5, 0.6) is 0 Å². The summed E-state index contributed by atoms with van der Waals surface area (Å²) in [4.78, 5) is 27.2. The van der Waals surface area contributed by atoms with Crippen LogP contribution in [0.25, 0.3) is 10.8 Å². The maximum absolute atomic E-state index is 12.6. The van der Waals surface area contributed by atoms with Crippen LogP contribution in [0, 0.1) is 6.92 Å². The molecule has 1 amide bonds. The second kappa shape index (κ2) is 7.94. The van der Waals surface area contributed by atoms with Crippen molar-refractivity contribution in [2.75, 3.05) is 19.6 Å². The van der Waals surface area contributed by atoms with E-state index in [0.29, 0.717) is 11.9 Å². The molecule has 3 aromatic rings. The van der Waals surface area contributed by atoms with Gasteiger partial charge in [-0.3, -0.25) is 14.5 Å². The monoisotopic (exact) mass is 376 g/mol. The molecule has 2 aromatic carbocycles. The predicted molar refractivity (Wildman–Crippen MR) is 109 cm³/mol. The summed E-state index contributed by atoms with van der Waals surface area (Å²) >= 11 is 0. The van der Waals surface area contributed by atoms with Gasteiger partial charge >= 0.3 is 0 Å². The van der Waals surface area contributed by atoms with E-state index in [-0.39, 0.29) is 18.0 Å². The summed E-state index contributed by atoms with van der Waals surface area (Å²) in [7, 11) is 0. The highest BCUT2D eigenvalue weighted by Crippen LogP contribution is 2.17. The van der Waals surface area contributed by atoms with E-state index >= 15 is 0 Å². The zero-order chi connectivity index (χ0) is 19.5. The van der Waals surface area contributed by atoms with Gasteiger partial charge < -0.3 is 5.32 Å². The summed E-state index contributed by atoms with van der Waals surface area (Å²) in [6.07, 6.45) is 1.04. The number of carbonyl (C=O) groups is 1. The average molecular weight is 376 g/mol. The molecule has 1 aliphatic rings. The van der Waals surface area contributed by atoms with Crippen LogP contribution in [0.1, 0.15) is 16.8 Å². The fraction of sp³-hybridized carbons (Fsp3) is 0.318. The Morgan fingerprint density at radius 1 is 1.07 bits per heavy atom. The Kier molecular flexibility index (Phi) is 5.21. The van der Waals surface area contributed by atoms with Crippen LogP contribution in [-0.4, -0.2) is 40.2 Å². The quantitative estimate of drug-likeness (QED) is 0.738. The van der Waals surface area contributed by atoms with Crippen molar-refractivity contribution in [2.45, 2.75) is 26.4 Å². The van der Waals surface area contributed by atoms with Gasteiger partial charge in [0.15, 0.2) is 0 Å². The number of benzene rings is 2. The van der Waals surface area contributed by atoms with Crippen molar-refractivity contribution in [2.24, 2.45) is 0 Å². The second-order valence-corrected chi connectivity index (χ2v) is 7.24. The first-order valence-corrected chi connectivity index (χ1v) is 9.64. The summed E-state index contributed by atoms with van der Waals surface area (Å²) in [6, 6.07) is 15.9. The Morgan fingerprint density at radius 3 is 2.61 bits per heavy atom. The second-order valence-electron chi connectivity index (χ2n) is 7.24. The zero-order valence-corrected chi connectivity index (χ0v) is 16.0. The predicted octanol–water partition coefficient (Wildman–Crippen LogP) is 1.88. The number of nitrogens with zero attached hydrogens (tertiary/aromatic N) is 3. The highest BCUT2D eigenvalue weighted by Gasteiger charge is 2.16. The summed E-state index contributed by atoms with van der Waals surface area (Å²) in [5, 5.41) is 8.63. The van der Waals surface area contributed by atoms with E-state index in [1.54, 1.807) is 6.07 Å². The number of carbonyl (C=O) groups excluding carboxylic acids is 1. The van der Waals surface area contributed by atoms with Crippen LogP contribution >= 0.6 is 0 Å². The van der Waals surface area contributed by atoms with E-state index < -0.39 is 0 Å². The molecule has 0 saturated carbocycles. The highest BCUT2D eigenvalue weighted by atomic mass is 16.2. The Balaban J connectivity index is 1.34. The molecule has 0 unspecified atom stereocenters. The van der Waals surface area contributed by atoms with Crippen molar-refractivity contribution in [3.05, 3.63) is 75.7 Å². The van der Waals surface area contributed by atoms with Crippen molar-refractivity contribution in [1.82, 2.24) is 20.0 Å². The maximum atomic E-state index is 12.6. The minimum atomic E-state index is -0.232. The molecule has 1 N–H and O–H groups in total. The average Bonchev–Trinajstić information content (AvgIpc) is 2.72. The molecular weight excluding hydrogens is 352 g/mol. The molecule has 0 bridgehead atoms.